The number of aliphatic hydroxyl groups excluding tert-OH is 2. The summed E-state index contributed by atoms with van der Waals surface area (Å²) in [6, 6.07) is 15.8. The minimum atomic E-state index is -0.983. The first kappa shape index (κ1) is 17.1. The molecule has 0 aliphatic heterocycles. The van der Waals surface area contributed by atoms with Gasteiger partial charge in [-0.05, 0) is 18.6 Å². The number of hydrogen-bond donors (Lipinski definition) is 3. The lowest BCUT2D eigenvalue weighted by Crippen LogP contribution is -2.35. The van der Waals surface area contributed by atoms with Gasteiger partial charge in [0.15, 0.2) is 5.82 Å². The zero-order chi connectivity index (χ0) is 17.8. The van der Waals surface area contributed by atoms with Crippen molar-refractivity contribution in [2.45, 2.75) is 19.6 Å². The van der Waals surface area contributed by atoms with Crippen molar-refractivity contribution in [3.05, 3.63) is 54.4 Å². The molecule has 1 atom stereocenters. The molecule has 0 fully saturated rings. The summed E-state index contributed by atoms with van der Waals surface area (Å²) >= 11 is 0. The molecule has 3 N–H and O–H groups in total. The topological polar surface area (TPSA) is 87.4 Å². The van der Waals surface area contributed by atoms with Crippen LogP contribution >= 0.6 is 0 Å². The highest BCUT2D eigenvalue weighted by Gasteiger charge is 2.19. The number of nitrogens with one attached hydrogen (secondary N) is 1. The van der Waals surface area contributed by atoms with E-state index in [0.717, 1.165) is 22.2 Å². The Morgan fingerprint density at radius 2 is 1.96 bits per heavy atom. The van der Waals surface area contributed by atoms with Gasteiger partial charge in [-0.2, -0.15) is 0 Å². The van der Waals surface area contributed by atoms with Gasteiger partial charge in [0.2, 0.25) is 0 Å². The van der Waals surface area contributed by atoms with Crippen LogP contribution in [0.4, 0.5) is 0 Å². The van der Waals surface area contributed by atoms with Crippen molar-refractivity contribution in [3.8, 4) is 11.1 Å². The first-order chi connectivity index (χ1) is 12.2. The Balaban J connectivity index is 2.04. The lowest BCUT2D eigenvalue weighted by molar-refractivity contribution is 0.0793. The van der Waals surface area contributed by atoms with Gasteiger partial charge in [-0.25, -0.2) is 4.98 Å². The predicted octanol–water partition coefficient (Wildman–Crippen LogP) is 1.81. The van der Waals surface area contributed by atoms with E-state index in [2.05, 4.69) is 10.3 Å². The van der Waals surface area contributed by atoms with Crippen molar-refractivity contribution in [3.63, 3.8) is 0 Å². The minimum absolute atomic E-state index is 0.0200. The number of amides is 1. The molecule has 6 heteroatoms. The second-order valence-electron chi connectivity index (χ2n) is 5.77. The van der Waals surface area contributed by atoms with Crippen LogP contribution < -0.4 is 5.32 Å². The Labute approximate surface area is 145 Å². The van der Waals surface area contributed by atoms with E-state index < -0.39 is 12.7 Å². The molecule has 2 aromatic carbocycles. The monoisotopic (exact) mass is 339 g/mol. The lowest BCUT2D eigenvalue weighted by Gasteiger charge is -2.09. The molecule has 1 unspecified atom stereocenters. The van der Waals surface area contributed by atoms with Gasteiger partial charge in [0, 0.05) is 18.7 Å². The van der Waals surface area contributed by atoms with E-state index in [0.29, 0.717) is 12.4 Å². The zero-order valence-electron chi connectivity index (χ0n) is 14.0. The first-order valence-electron chi connectivity index (χ1n) is 8.27. The highest BCUT2D eigenvalue weighted by molar-refractivity contribution is 5.99. The van der Waals surface area contributed by atoms with Gasteiger partial charge in [0.25, 0.3) is 5.91 Å². The SMILES string of the molecule is CCn1c(C(=O)NCC(O)CO)nc2c(-c3ccccc3)cccc21. The van der Waals surface area contributed by atoms with Crippen LogP contribution in [0.15, 0.2) is 48.5 Å². The van der Waals surface area contributed by atoms with Gasteiger partial charge < -0.3 is 20.1 Å². The van der Waals surface area contributed by atoms with Crippen LogP contribution in [0.1, 0.15) is 17.5 Å². The van der Waals surface area contributed by atoms with Gasteiger partial charge in [-0.15, -0.1) is 0 Å². The van der Waals surface area contributed by atoms with Crippen LogP contribution in [0.2, 0.25) is 0 Å². The van der Waals surface area contributed by atoms with Gasteiger partial charge >= 0.3 is 0 Å². The van der Waals surface area contributed by atoms with Crippen LogP contribution in [0.5, 0.6) is 0 Å². The molecule has 1 amide bonds. The molecular formula is C19H21N3O3. The third-order valence-corrected chi connectivity index (χ3v) is 4.09. The van der Waals surface area contributed by atoms with Crippen LogP contribution in [0, 0.1) is 0 Å². The molecule has 1 aromatic heterocycles. The van der Waals surface area contributed by atoms with Gasteiger partial charge in [0.1, 0.15) is 0 Å². The fourth-order valence-corrected chi connectivity index (χ4v) is 2.85. The lowest BCUT2D eigenvalue weighted by atomic mass is 10.0. The maximum Gasteiger partial charge on any atom is 0.287 e. The van der Waals surface area contributed by atoms with E-state index in [-0.39, 0.29) is 12.5 Å². The summed E-state index contributed by atoms with van der Waals surface area (Å²) in [5, 5.41) is 20.9. The molecule has 0 saturated heterocycles. The van der Waals surface area contributed by atoms with E-state index in [1.807, 2.05) is 60.0 Å². The van der Waals surface area contributed by atoms with Gasteiger partial charge in [-0.3, -0.25) is 4.79 Å². The van der Waals surface area contributed by atoms with Crippen molar-refractivity contribution in [2.75, 3.05) is 13.2 Å². The molecule has 1 heterocycles. The van der Waals surface area contributed by atoms with E-state index >= 15 is 0 Å². The Morgan fingerprint density at radius 1 is 1.20 bits per heavy atom. The van der Waals surface area contributed by atoms with Crippen molar-refractivity contribution >= 4 is 16.9 Å². The summed E-state index contributed by atoms with van der Waals surface area (Å²) < 4.78 is 1.85. The van der Waals surface area contributed by atoms with Crippen LogP contribution in [-0.4, -0.2) is 44.9 Å². The molecule has 0 spiro atoms. The summed E-state index contributed by atoms with van der Waals surface area (Å²) in [6.45, 7) is 2.13. The number of carbonyl (C=O) groups excluding carboxylic acids is 1. The normalized spacial score (nSPS) is 12.3. The number of para-hydroxylation sites is 1. The van der Waals surface area contributed by atoms with Crippen LogP contribution in [0.25, 0.3) is 22.2 Å². The molecule has 3 rings (SSSR count). The second kappa shape index (κ2) is 7.46. The van der Waals surface area contributed by atoms with Crippen LogP contribution in [0.3, 0.4) is 0 Å². The largest absolute Gasteiger partial charge is 0.394 e. The molecule has 0 aliphatic rings. The maximum absolute atomic E-state index is 12.5. The summed E-state index contributed by atoms with van der Waals surface area (Å²) in [5.41, 5.74) is 3.66. The molecule has 0 saturated carbocycles. The molecule has 3 aromatic rings. The molecule has 25 heavy (non-hydrogen) atoms. The zero-order valence-corrected chi connectivity index (χ0v) is 14.0. The van der Waals surface area contributed by atoms with E-state index in [1.54, 1.807) is 0 Å². The summed E-state index contributed by atoms with van der Waals surface area (Å²) in [7, 11) is 0. The number of hydrogen-bond acceptors (Lipinski definition) is 4. The van der Waals surface area contributed by atoms with E-state index in [9.17, 15) is 9.90 Å². The number of aliphatic hydroxyl groups is 2. The number of rotatable bonds is 6. The van der Waals surface area contributed by atoms with Crippen molar-refractivity contribution in [2.24, 2.45) is 0 Å². The predicted molar refractivity (Wildman–Crippen MR) is 96.3 cm³/mol. The second-order valence-corrected chi connectivity index (χ2v) is 5.77. The van der Waals surface area contributed by atoms with Crippen molar-refractivity contribution in [1.82, 2.24) is 14.9 Å². The average Bonchev–Trinajstić information content (AvgIpc) is 3.05. The molecule has 6 nitrogen and oxygen atoms in total. The molecule has 0 radical (unpaired) electrons. The summed E-state index contributed by atoms with van der Waals surface area (Å²) in [6.07, 6.45) is -0.983. The van der Waals surface area contributed by atoms with Crippen molar-refractivity contribution in [1.29, 1.82) is 0 Å². The fraction of sp³-hybridized carbons (Fsp3) is 0.263. The van der Waals surface area contributed by atoms with Crippen molar-refractivity contribution < 1.29 is 15.0 Å². The summed E-state index contributed by atoms with van der Waals surface area (Å²) in [5.74, 6) is -0.0735. The number of aryl methyl sites for hydroxylation is 1. The van der Waals surface area contributed by atoms with Gasteiger partial charge in [0.05, 0.1) is 23.7 Å². The van der Waals surface area contributed by atoms with Gasteiger partial charge in [-0.1, -0.05) is 42.5 Å². The van der Waals surface area contributed by atoms with E-state index in [1.165, 1.54) is 0 Å². The smallest absolute Gasteiger partial charge is 0.287 e. The van der Waals surface area contributed by atoms with Crippen LogP contribution in [-0.2, 0) is 6.54 Å². The third kappa shape index (κ3) is 3.40. The number of imidazole rings is 1. The third-order valence-electron chi connectivity index (χ3n) is 4.09. The Bertz CT molecular complexity index is 874. The Hall–Kier alpha value is -2.70. The standard InChI is InChI=1S/C19H21N3O3/c1-2-22-16-10-6-9-15(13-7-4-3-5-8-13)17(16)21-18(22)19(25)20-11-14(24)12-23/h3-10,14,23-24H,2,11-12H2,1H3,(H,20,25). The molecule has 0 aliphatic carbocycles. The molecule has 0 bridgehead atoms. The fourth-order valence-electron chi connectivity index (χ4n) is 2.85. The minimum Gasteiger partial charge on any atom is -0.394 e. The molecular weight excluding hydrogens is 318 g/mol. The number of carbonyl (C=O) groups is 1. The number of aromatic nitrogens is 2. The number of nitrogens with zero attached hydrogens (tertiary/aromatic N) is 2. The number of fused-ring (bicyclic) bond motifs is 1. The average molecular weight is 339 g/mol. The Kier molecular flexibility index (Phi) is 5.11. The molecule has 130 valence electrons. The quantitative estimate of drug-likeness (QED) is 0.639. The Morgan fingerprint density at radius 3 is 2.64 bits per heavy atom. The summed E-state index contributed by atoms with van der Waals surface area (Å²) in [4.78, 5) is 17.0. The maximum atomic E-state index is 12.5. The first-order valence-corrected chi connectivity index (χ1v) is 8.27. The number of benzene rings is 2. The highest BCUT2D eigenvalue weighted by Crippen LogP contribution is 2.28. The highest BCUT2D eigenvalue weighted by atomic mass is 16.3. The van der Waals surface area contributed by atoms with E-state index in [4.69, 9.17) is 5.11 Å².